The third-order valence-electron chi connectivity index (χ3n) is 3.94. The van der Waals surface area contributed by atoms with Gasteiger partial charge in [0.2, 0.25) is 0 Å². The van der Waals surface area contributed by atoms with Crippen LogP contribution in [0, 0.1) is 13.8 Å². The molecule has 0 aliphatic heterocycles. The van der Waals surface area contributed by atoms with E-state index >= 15 is 0 Å². The second kappa shape index (κ2) is 5.33. The predicted molar refractivity (Wildman–Crippen MR) is 75.9 cm³/mol. The van der Waals surface area contributed by atoms with E-state index in [2.05, 4.69) is 37.4 Å². The maximum atomic E-state index is 12.2. The fraction of sp³-hybridized carbons (Fsp3) is 0.562. The van der Waals surface area contributed by atoms with Crippen LogP contribution in [0.2, 0.25) is 0 Å². The van der Waals surface area contributed by atoms with Crippen molar-refractivity contribution in [2.45, 2.75) is 58.1 Å². The van der Waals surface area contributed by atoms with Gasteiger partial charge in [-0.15, -0.1) is 0 Å². The number of aliphatic hydroxyl groups is 1. The maximum Gasteiger partial charge on any atom is 0.252 e. The van der Waals surface area contributed by atoms with Crippen molar-refractivity contribution in [3.63, 3.8) is 0 Å². The summed E-state index contributed by atoms with van der Waals surface area (Å²) in [5, 5.41) is 13.2. The molecule has 0 aromatic heterocycles. The van der Waals surface area contributed by atoms with E-state index in [1.54, 1.807) is 0 Å². The Bertz CT molecular complexity index is 455. The topological polar surface area (TPSA) is 49.3 Å². The highest BCUT2D eigenvalue weighted by atomic mass is 16.3. The lowest BCUT2D eigenvalue weighted by Crippen LogP contribution is -2.45. The van der Waals surface area contributed by atoms with Gasteiger partial charge in [0.05, 0.1) is 6.04 Å². The second-order valence-corrected chi connectivity index (χ2v) is 5.85. The largest absolute Gasteiger partial charge is 0.380 e. The standard InChI is InChI=1S/C16H23NO2/c1-11-8-12(2)10-14(9-11)13(3)17-15(18)16(19)6-4-5-7-16/h8-10,13,19H,4-7H2,1-3H3,(H,17,18). The Balaban J connectivity index is 2.08. The lowest BCUT2D eigenvalue weighted by molar-refractivity contribution is -0.139. The van der Waals surface area contributed by atoms with Gasteiger partial charge in [0.15, 0.2) is 0 Å². The minimum absolute atomic E-state index is 0.0734. The Labute approximate surface area is 115 Å². The number of aryl methyl sites for hydroxylation is 2. The number of amides is 1. The molecule has 2 rings (SSSR count). The normalized spacial score (nSPS) is 19.2. The molecule has 1 atom stereocenters. The highest BCUT2D eigenvalue weighted by Gasteiger charge is 2.39. The molecule has 19 heavy (non-hydrogen) atoms. The Kier molecular flexibility index (Phi) is 3.95. The van der Waals surface area contributed by atoms with Crippen LogP contribution in [0.3, 0.4) is 0 Å². The highest BCUT2D eigenvalue weighted by Crippen LogP contribution is 2.30. The van der Waals surface area contributed by atoms with Crippen molar-refractivity contribution in [2.24, 2.45) is 0 Å². The number of rotatable bonds is 3. The summed E-state index contributed by atoms with van der Waals surface area (Å²) < 4.78 is 0. The summed E-state index contributed by atoms with van der Waals surface area (Å²) in [5.41, 5.74) is 2.33. The molecule has 1 amide bonds. The van der Waals surface area contributed by atoms with E-state index in [9.17, 15) is 9.90 Å². The number of carbonyl (C=O) groups is 1. The lowest BCUT2D eigenvalue weighted by Gasteiger charge is -2.24. The van der Waals surface area contributed by atoms with Gasteiger partial charge in [0.25, 0.3) is 5.91 Å². The maximum absolute atomic E-state index is 12.2. The molecule has 1 aliphatic carbocycles. The monoisotopic (exact) mass is 261 g/mol. The van der Waals surface area contributed by atoms with E-state index in [-0.39, 0.29) is 11.9 Å². The van der Waals surface area contributed by atoms with Gasteiger partial charge in [-0.3, -0.25) is 4.79 Å². The molecule has 3 heteroatoms. The molecule has 1 aromatic rings. The van der Waals surface area contributed by atoms with Gasteiger partial charge >= 0.3 is 0 Å². The molecule has 0 radical (unpaired) electrons. The molecule has 1 unspecified atom stereocenters. The van der Waals surface area contributed by atoms with Gasteiger partial charge in [0.1, 0.15) is 5.60 Å². The Morgan fingerprint density at radius 3 is 2.26 bits per heavy atom. The smallest absolute Gasteiger partial charge is 0.252 e. The van der Waals surface area contributed by atoms with Crippen molar-refractivity contribution < 1.29 is 9.90 Å². The molecule has 1 fully saturated rings. The molecule has 2 N–H and O–H groups in total. The van der Waals surface area contributed by atoms with Gasteiger partial charge in [-0.25, -0.2) is 0 Å². The zero-order chi connectivity index (χ0) is 14.0. The summed E-state index contributed by atoms with van der Waals surface area (Å²) in [5.74, 6) is -0.225. The summed E-state index contributed by atoms with van der Waals surface area (Å²) >= 11 is 0. The minimum Gasteiger partial charge on any atom is -0.380 e. The van der Waals surface area contributed by atoms with Crippen molar-refractivity contribution in [3.8, 4) is 0 Å². The molecular formula is C16H23NO2. The molecule has 1 aliphatic rings. The van der Waals surface area contributed by atoms with Gasteiger partial charge in [-0.05, 0) is 52.0 Å². The zero-order valence-corrected chi connectivity index (χ0v) is 12.0. The van der Waals surface area contributed by atoms with Crippen LogP contribution < -0.4 is 5.32 Å². The fourth-order valence-corrected chi connectivity index (χ4v) is 2.86. The summed E-state index contributed by atoms with van der Waals surface area (Å²) in [6.07, 6.45) is 3.03. The number of hydrogen-bond acceptors (Lipinski definition) is 2. The van der Waals surface area contributed by atoms with Crippen LogP contribution in [0.15, 0.2) is 18.2 Å². The molecule has 0 bridgehead atoms. The number of carbonyl (C=O) groups excluding carboxylic acids is 1. The summed E-state index contributed by atoms with van der Waals surface area (Å²) in [4.78, 5) is 12.2. The van der Waals surface area contributed by atoms with Gasteiger partial charge in [-0.2, -0.15) is 0 Å². The van der Waals surface area contributed by atoms with E-state index in [0.29, 0.717) is 12.8 Å². The lowest BCUT2D eigenvalue weighted by atomic mass is 9.98. The van der Waals surface area contributed by atoms with Gasteiger partial charge in [0, 0.05) is 0 Å². The molecule has 1 aromatic carbocycles. The minimum atomic E-state index is -1.15. The van der Waals surface area contributed by atoms with E-state index < -0.39 is 5.60 Å². The Hall–Kier alpha value is -1.35. The van der Waals surface area contributed by atoms with Gasteiger partial charge < -0.3 is 10.4 Å². The van der Waals surface area contributed by atoms with Crippen molar-refractivity contribution in [3.05, 3.63) is 34.9 Å². The van der Waals surface area contributed by atoms with Crippen LogP contribution in [0.4, 0.5) is 0 Å². The highest BCUT2D eigenvalue weighted by molar-refractivity contribution is 5.85. The fourth-order valence-electron chi connectivity index (χ4n) is 2.86. The van der Waals surface area contributed by atoms with Crippen LogP contribution in [0.25, 0.3) is 0 Å². The molecule has 104 valence electrons. The second-order valence-electron chi connectivity index (χ2n) is 5.85. The number of nitrogens with one attached hydrogen (secondary N) is 1. The van der Waals surface area contributed by atoms with Crippen molar-refractivity contribution in [1.29, 1.82) is 0 Å². The third-order valence-corrected chi connectivity index (χ3v) is 3.94. The van der Waals surface area contributed by atoms with Crippen LogP contribution in [0.1, 0.15) is 55.3 Å². The van der Waals surface area contributed by atoms with Crippen LogP contribution in [0.5, 0.6) is 0 Å². The predicted octanol–water partition coefficient (Wildman–Crippen LogP) is 2.79. The first-order valence-corrected chi connectivity index (χ1v) is 7.02. The SMILES string of the molecule is Cc1cc(C)cc(C(C)NC(=O)C2(O)CCCC2)c1. The van der Waals surface area contributed by atoms with E-state index in [4.69, 9.17) is 0 Å². The quantitative estimate of drug-likeness (QED) is 0.879. The molecule has 0 saturated heterocycles. The third kappa shape index (κ3) is 3.16. The number of hydrogen-bond donors (Lipinski definition) is 2. The first kappa shape index (κ1) is 14.1. The Morgan fingerprint density at radius 1 is 1.21 bits per heavy atom. The summed E-state index contributed by atoms with van der Waals surface area (Å²) in [6, 6.07) is 6.20. The van der Waals surface area contributed by atoms with Crippen LogP contribution in [-0.2, 0) is 4.79 Å². The van der Waals surface area contributed by atoms with Crippen molar-refractivity contribution in [2.75, 3.05) is 0 Å². The van der Waals surface area contributed by atoms with Gasteiger partial charge in [-0.1, -0.05) is 29.3 Å². The van der Waals surface area contributed by atoms with Crippen LogP contribution >= 0.6 is 0 Å². The average Bonchev–Trinajstić information content (AvgIpc) is 2.76. The van der Waals surface area contributed by atoms with Crippen molar-refractivity contribution in [1.82, 2.24) is 5.32 Å². The van der Waals surface area contributed by atoms with Crippen LogP contribution in [-0.4, -0.2) is 16.6 Å². The van der Waals surface area contributed by atoms with E-state index in [1.165, 1.54) is 11.1 Å². The van der Waals surface area contributed by atoms with E-state index in [0.717, 1.165) is 18.4 Å². The molecule has 3 nitrogen and oxygen atoms in total. The first-order chi connectivity index (χ1) is 8.90. The van der Waals surface area contributed by atoms with Crippen molar-refractivity contribution >= 4 is 5.91 Å². The molecule has 1 saturated carbocycles. The first-order valence-electron chi connectivity index (χ1n) is 7.02. The zero-order valence-electron chi connectivity index (χ0n) is 12.0. The summed E-state index contributed by atoms with van der Waals surface area (Å²) in [7, 11) is 0. The Morgan fingerprint density at radius 2 is 1.74 bits per heavy atom. The average molecular weight is 261 g/mol. The molecule has 0 spiro atoms. The summed E-state index contributed by atoms with van der Waals surface area (Å²) in [6.45, 7) is 6.06. The number of benzene rings is 1. The van der Waals surface area contributed by atoms with E-state index in [1.807, 2.05) is 6.92 Å². The molecule has 0 heterocycles. The molecular weight excluding hydrogens is 238 g/mol.